The summed E-state index contributed by atoms with van der Waals surface area (Å²) in [6.07, 6.45) is -3.70. The molecule has 0 aliphatic carbocycles. The fourth-order valence-electron chi connectivity index (χ4n) is 1.47. The fraction of sp³-hybridized carbons (Fsp3) is 0.500. The summed E-state index contributed by atoms with van der Waals surface area (Å²) in [6, 6.07) is 5.43. The van der Waals surface area contributed by atoms with Crippen LogP contribution in [0.25, 0.3) is 0 Å². The second-order valence-corrected chi connectivity index (χ2v) is 3.72. The van der Waals surface area contributed by atoms with Crippen molar-refractivity contribution < 1.29 is 17.9 Å². The quantitative estimate of drug-likeness (QED) is 0.742. The van der Waals surface area contributed by atoms with Crippen LogP contribution >= 0.6 is 0 Å². The minimum atomic E-state index is -4.33. The maximum Gasteiger partial charge on any atom is 0.418 e. The third-order valence-electron chi connectivity index (χ3n) is 2.28. The molecule has 0 atom stereocenters. The van der Waals surface area contributed by atoms with Crippen molar-refractivity contribution in [1.29, 1.82) is 0 Å². The second-order valence-electron chi connectivity index (χ2n) is 3.72. The summed E-state index contributed by atoms with van der Waals surface area (Å²) >= 11 is 0. The Balaban J connectivity index is 2.43. The lowest BCUT2D eigenvalue weighted by Crippen LogP contribution is -2.14. The number of benzene rings is 1. The lowest BCUT2D eigenvalue weighted by atomic mass is 10.1. The number of halogens is 3. The van der Waals surface area contributed by atoms with Crippen LogP contribution in [0.3, 0.4) is 0 Å². The summed E-state index contributed by atoms with van der Waals surface area (Å²) in [5.41, 5.74) is 4.69. The molecule has 1 aromatic rings. The van der Waals surface area contributed by atoms with Gasteiger partial charge < -0.3 is 15.8 Å². The Hall–Kier alpha value is -1.27. The van der Waals surface area contributed by atoms with Crippen molar-refractivity contribution in [3.63, 3.8) is 0 Å². The van der Waals surface area contributed by atoms with Gasteiger partial charge in [-0.1, -0.05) is 12.1 Å². The molecule has 0 bridgehead atoms. The molecule has 0 saturated heterocycles. The van der Waals surface area contributed by atoms with E-state index in [0.29, 0.717) is 32.7 Å². The van der Waals surface area contributed by atoms with Gasteiger partial charge in [-0.3, -0.25) is 0 Å². The molecular formula is C12H17F3N2O. The van der Waals surface area contributed by atoms with Gasteiger partial charge in [-0.2, -0.15) is 13.2 Å². The molecule has 3 N–H and O–H groups in total. The highest BCUT2D eigenvalue weighted by atomic mass is 19.4. The number of hydrogen-bond acceptors (Lipinski definition) is 3. The van der Waals surface area contributed by atoms with E-state index in [9.17, 15) is 13.2 Å². The summed E-state index contributed by atoms with van der Waals surface area (Å²) in [6.45, 7) is 1.83. The van der Waals surface area contributed by atoms with E-state index in [1.165, 1.54) is 12.1 Å². The second kappa shape index (κ2) is 7.23. The lowest BCUT2D eigenvalue weighted by molar-refractivity contribution is -0.136. The van der Waals surface area contributed by atoms with Gasteiger partial charge in [-0.05, 0) is 18.6 Å². The minimum absolute atomic E-state index is 0.101. The van der Waals surface area contributed by atoms with Crippen LogP contribution < -0.4 is 11.1 Å². The molecule has 0 amide bonds. The molecule has 0 aliphatic heterocycles. The fourth-order valence-corrected chi connectivity index (χ4v) is 1.47. The Bertz CT molecular complexity index is 355. The molecule has 3 nitrogen and oxygen atoms in total. The van der Waals surface area contributed by atoms with Crippen LogP contribution in [0.1, 0.15) is 12.0 Å². The molecule has 0 heterocycles. The molecule has 0 radical (unpaired) electrons. The molecule has 0 saturated carbocycles. The van der Waals surface area contributed by atoms with Gasteiger partial charge in [0.25, 0.3) is 0 Å². The zero-order chi connectivity index (χ0) is 13.4. The van der Waals surface area contributed by atoms with Gasteiger partial charge in [0, 0.05) is 25.4 Å². The number of anilines is 1. The maximum absolute atomic E-state index is 12.6. The molecule has 6 heteroatoms. The molecular weight excluding hydrogens is 245 g/mol. The van der Waals surface area contributed by atoms with E-state index in [4.69, 9.17) is 10.5 Å². The molecule has 0 spiro atoms. The number of alkyl halides is 3. The Kier molecular flexibility index (Phi) is 5.94. The maximum atomic E-state index is 12.6. The van der Waals surface area contributed by atoms with Crippen LogP contribution in [0, 0.1) is 0 Å². The van der Waals surface area contributed by atoms with Crippen LogP contribution in [-0.2, 0) is 10.9 Å². The highest BCUT2D eigenvalue weighted by Crippen LogP contribution is 2.34. The van der Waals surface area contributed by atoms with Gasteiger partial charge in [0.1, 0.15) is 0 Å². The van der Waals surface area contributed by atoms with E-state index in [-0.39, 0.29) is 5.69 Å². The van der Waals surface area contributed by atoms with Gasteiger partial charge in [-0.25, -0.2) is 0 Å². The molecule has 0 unspecified atom stereocenters. The Morgan fingerprint density at radius 1 is 1.17 bits per heavy atom. The van der Waals surface area contributed by atoms with Crippen molar-refractivity contribution >= 4 is 5.69 Å². The topological polar surface area (TPSA) is 47.3 Å². The standard InChI is InChI=1S/C12H17F3N2O/c13-12(14,15)10-4-1-2-5-11(10)17-7-3-8-18-9-6-16/h1-2,4-5,17H,3,6-9,16H2. The molecule has 0 fully saturated rings. The van der Waals surface area contributed by atoms with Crippen LogP contribution in [-0.4, -0.2) is 26.3 Å². The number of hydrogen-bond donors (Lipinski definition) is 2. The third kappa shape index (κ3) is 4.93. The smallest absolute Gasteiger partial charge is 0.384 e. The Labute approximate surface area is 104 Å². The summed E-state index contributed by atoms with van der Waals surface area (Å²) < 4.78 is 43.1. The van der Waals surface area contributed by atoms with Gasteiger partial charge in [0.15, 0.2) is 0 Å². The summed E-state index contributed by atoms with van der Waals surface area (Å²) in [4.78, 5) is 0. The Morgan fingerprint density at radius 2 is 1.89 bits per heavy atom. The van der Waals surface area contributed by atoms with E-state index in [1.807, 2.05) is 0 Å². The van der Waals surface area contributed by atoms with Crippen molar-refractivity contribution in [2.45, 2.75) is 12.6 Å². The van der Waals surface area contributed by atoms with Gasteiger partial charge in [-0.15, -0.1) is 0 Å². The number of para-hydroxylation sites is 1. The molecule has 1 rings (SSSR count). The summed E-state index contributed by atoms with van der Waals surface area (Å²) in [5, 5.41) is 2.77. The first-order valence-electron chi connectivity index (χ1n) is 5.73. The number of nitrogens with one attached hydrogen (secondary N) is 1. The SMILES string of the molecule is NCCOCCCNc1ccccc1C(F)(F)F. The molecule has 18 heavy (non-hydrogen) atoms. The highest BCUT2D eigenvalue weighted by molar-refractivity contribution is 5.52. The largest absolute Gasteiger partial charge is 0.418 e. The van der Waals surface area contributed by atoms with E-state index in [0.717, 1.165) is 6.07 Å². The van der Waals surface area contributed by atoms with E-state index >= 15 is 0 Å². The van der Waals surface area contributed by atoms with Gasteiger partial charge >= 0.3 is 6.18 Å². The molecule has 1 aromatic carbocycles. The van der Waals surface area contributed by atoms with Gasteiger partial charge in [0.2, 0.25) is 0 Å². The van der Waals surface area contributed by atoms with Crippen molar-refractivity contribution in [2.24, 2.45) is 5.73 Å². The van der Waals surface area contributed by atoms with E-state index in [2.05, 4.69) is 5.32 Å². The summed E-state index contributed by atoms with van der Waals surface area (Å²) in [5.74, 6) is 0. The van der Waals surface area contributed by atoms with Crippen LogP contribution in [0.15, 0.2) is 24.3 Å². The average Bonchev–Trinajstić information content (AvgIpc) is 2.33. The zero-order valence-corrected chi connectivity index (χ0v) is 9.96. The van der Waals surface area contributed by atoms with Crippen molar-refractivity contribution in [3.05, 3.63) is 29.8 Å². The first-order chi connectivity index (χ1) is 8.55. The van der Waals surface area contributed by atoms with Crippen molar-refractivity contribution in [1.82, 2.24) is 0 Å². The predicted octanol–water partition coefficient (Wildman–Crippen LogP) is 2.48. The third-order valence-corrected chi connectivity index (χ3v) is 2.28. The minimum Gasteiger partial charge on any atom is -0.384 e. The van der Waals surface area contributed by atoms with Crippen molar-refractivity contribution in [3.8, 4) is 0 Å². The summed E-state index contributed by atoms with van der Waals surface area (Å²) in [7, 11) is 0. The monoisotopic (exact) mass is 262 g/mol. The highest BCUT2D eigenvalue weighted by Gasteiger charge is 2.32. The van der Waals surface area contributed by atoms with Crippen LogP contribution in [0.4, 0.5) is 18.9 Å². The van der Waals surface area contributed by atoms with Gasteiger partial charge in [0.05, 0.1) is 12.2 Å². The Morgan fingerprint density at radius 3 is 2.56 bits per heavy atom. The van der Waals surface area contributed by atoms with Crippen LogP contribution in [0.2, 0.25) is 0 Å². The van der Waals surface area contributed by atoms with E-state index in [1.54, 1.807) is 6.07 Å². The number of ether oxygens (including phenoxy) is 1. The predicted molar refractivity (Wildman–Crippen MR) is 64.4 cm³/mol. The van der Waals surface area contributed by atoms with Crippen molar-refractivity contribution in [2.75, 3.05) is 31.6 Å². The zero-order valence-electron chi connectivity index (χ0n) is 9.96. The molecule has 0 aliphatic rings. The molecule has 102 valence electrons. The first-order valence-corrected chi connectivity index (χ1v) is 5.73. The average molecular weight is 262 g/mol. The van der Waals surface area contributed by atoms with Crippen LogP contribution in [0.5, 0.6) is 0 Å². The number of nitrogens with two attached hydrogens (primary N) is 1. The first kappa shape index (κ1) is 14.8. The number of rotatable bonds is 7. The lowest BCUT2D eigenvalue weighted by Gasteiger charge is -2.14. The van der Waals surface area contributed by atoms with E-state index < -0.39 is 11.7 Å². The normalized spacial score (nSPS) is 11.6. The molecule has 0 aromatic heterocycles.